The summed E-state index contributed by atoms with van der Waals surface area (Å²) in [6.07, 6.45) is 1.12. The van der Waals surface area contributed by atoms with Gasteiger partial charge in [0.25, 0.3) is 5.91 Å². The van der Waals surface area contributed by atoms with Crippen LogP contribution in [0.2, 0.25) is 5.02 Å². The molecule has 2 N–H and O–H groups in total. The molecule has 0 aliphatic carbocycles. The molecule has 2 aromatic carbocycles. The number of benzene rings is 2. The molecule has 154 valence electrons. The molecule has 2 saturated heterocycles. The van der Waals surface area contributed by atoms with Gasteiger partial charge in [-0.3, -0.25) is 24.5 Å². The van der Waals surface area contributed by atoms with E-state index in [1.54, 1.807) is 47.4 Å². The van der Waals surface area contributed by atoms with Gasteiger partial charge in [-0.2, -0.15) is 0 Å². The fraction of sp³-hybridized carbons (Fsp3) is 0.273. The highest BCUT2D eigenvalue weighted by Crippen LogP contribution is 2.29. The van der Waals surface area contributed by atoms with E-state index in [9.17, 15) is 19.2 Å². The van der Waals surface area contributed by atoms with Gasteiger partial charge in [-0.15, -0.1) is 0 Å². The van der Waals surface area contributed by atoms with Crippen LogP contribution in [0.3, 0.4) is 0 Å². The lowest BCUT2D eigenvalue weighted by molar-refractivity contribution is -0.125. The molecule has 4 amide bonds. The SMILES string of the molecule is O=C1C[C@@H](Cc2ccc(C(=O)N[C@H]3CCN(c4ccccc4Cl)C3=O)cc2)C(=O)N1. The van der Waals surface area contributed by atoms with E-state index in [4.69, 9.17) is 11.6 Å². The number of hydrogen-bond acceptors (Lipinski definition) is 4. The first-order valence-corrected chi connectivity index (χ1v) is 10.1. The highest BCUT2D eigenvalue weighted by molar-refractivity contribution is 6.34. The Morgan fingerprint density at radius 3 is 2.50 bits per heavy atom. The normalized spacial score (nSPS) is 21.1. The summed E-state index contributed by atoms with van der Waals surface area (Å²) in [7, 11) is 0. The van der Waals surface area contributed by atoms with Gasteiger partial charge >= 0.3 is 0 Å². The molecule has 30 heavy (non-hydrogen) atoms. The first-order chi connectivity index (χ1) is 14.4. The van der Waals surface area contributed by atoms with Crippen molar-refractivity contribution in [1.82, 2.24) is 10.6 Å². The number of amides is 4. The third-order valence-corrected chi connectivity index (χ3v) is 5.74. The zero-order chi connectivity index (χ0) is 21.3. The lowest BCUT2D eigenvalue weighted by atomic mass is 9.97. The molecule has 0 radical (unpaired) electrons. The van der Waals surface area contributed by atoms with Crippen LogP contribution in [0.5, 0.6) is 0 Å². The van der Waals surface area contributed by atoms with Crippen molar-refractivity contribution in [3.05, 3.63) is 64.7 Å². The number of nitrogens with one attached hydrogen (secondary N) is 2. The molecule has 7 nitrogen and oxygen atoms in total. The number of hydrogen-bond donors (Lipinski definition) is 2. The average molecular weight is 426 g/mol. The van der Waals surface area contributed by atoms with Crippen LogP contribution >= 0.6 is 11.6 Å². The van der Waals surface area contributed by atoms with Crippen LogP contribution in [0.25, 0.3) is 0 Å². The van der Waals surface area contributed by atoms with Crippen molar-refractivity contribution in [2.24, 2.45) is 5.92 Å². The molecule has 2 aromatic rings. The summed E-state index contributed by atoms with van der Waals surface area (Å²) < 4.78 is 0. The van der Waals surface area contributed by atoms with Crippen molar-refractivity contribution in [3.8, 4) is 0 Å². The summed E-state index contributed by atoms with van der Waals surface area (Å²) in [6.45, 7) is 0.481. The van der Waals surface area contributed by atoms with Crippen LogP contribution in [-0.4, -0.2) is 36.2 Å². The first kappa shape index (κ1) is 20.1. The van der Waals surface area contributed by atoms with E-state index in [-0.39, 0.29) is 36.0 Å². The van der Waals surface area contributed by atoms with Crippen LogP contribution in [-0.2, 0) is 20.8 Å². The average Bonchev–Trinajstić information content (AvgIpc) is 3.24. The molecule has 0 unspecified atom stereocenters. The van der Waals surface area contributed by atoms with Crippen molar-refractivity contribution >= 4 is 40.9 Å². The number of halogens is 1. The van der Waals surface area contributed by atoms with Crippen LogP contribution in [0.4, 0.5) is 5.69 Å². The van der Waals surface area contributed by atoms with E-state index < -0.39 is 6.04 Å². The van der Waals surface area contributed by atoms with E-state index in [0.717, 1.165) is 5.56 Å². The van der Waals surface area contributed by atoms with Gasteiger partial charge in [0.05, 0.1) is 16.6 Å². The van der Waals surface area contributed by atoms with Gasteiger partial charge in [-0.05, 0) is 42.7 Å². The fourth-order valence-corrected chi connectivity index (χ4v) is 4.05. The second-order valence-corrected chi connectivity index (χ2v) is 7.88. The monoisotopic (exact) mass is 425 g/mol. The maximum Gasteiger partial charge on any atom is 0.251 e. The Kier molecular flexibility index (Phi) is 5.55. The van der Waals surface area contributed by atoms with E-state index in [1.165, 1.54) is 0 Å². The predicted molar refractivity (Wildman–Crippen MR) is 111 cm³/mol. The van der Waals surface area contributed by atoms with E-state index in [2.05, 4.69) is 10.6 Å². The molecule has 2 aliphatic heterocycles. The highest BCUT2D eigenvalue weighted by Gasteiger charge is 2.34. The number of rotatable bonds is 5. The third kappa shape index (κ3) is 4.07. The summed E-state index contributed by atoms with van der Waals surface area (Å²) in [6, 6.07) is 13.3. The van der Waals surface area contributed by atoms with Gasteiger partial charge < -0.3 is 10.2 Å². The first-order valence-electron chi connectivity index (χ1n) is 9.72. The predicted octanol–water partition coefficient (Wildman–Crippen LogP) is 2.08. The van der Waals surface area contributed by atoms with Crippen LogP contribution in [0.15, 0.2) is 48.5 Å². The van der Waals surface area contributed by atoms with Gasteiger partial charge in [0, 0.05) is 18.5 Å². The minimum Gasteiger partial charge on any atom is -0.340 e. The lowest BCUT2D eigenvalue weighted by Gasteiger charge is -2.18. The second kappa shape index (κ2) is 8.28. The zero-order valence-electron chi connectivity index (χ0n) is 16.1. The van der Waals surface area contributed by atoms with Crippen molar-refractivity contribution in [3.63, 3.8) is 0 Å². The quantitative estimate of drug-likeness (QED) is 0.717. The molecule has 0 aromatic heterocycles. The van der Waals surface area contributed by atoms with E-state index >= 15 is 0 Å². The Morgan fingerprint density at radius 1 is 1.10 bits per heavy atom. The van der Waals surface area contributed by atoms with Crippen LogP contribution in [0, 0.1) is 5.92 Å². The molecular weight excluding hydrogens is 406 g/mol. The third-order valence-electron chi connectivity index (χ3n) is 5.42. The second-order valence-electron chi connectivity index (χ2n) is 7.47. The minimum absolute atomic E-state index is 0.187. The molecule has 0 bridgehead atoms. The Hall–Kier alpha value is -3.19. The highest BCUT2D eigenvalue weighted by atomic mass is 35.5. The lowest BCUT2D eigenvalue weighted by Crippen LogP contribution is -2.41. The summed E-state index contributed by atoms with van der Waals surface area (Å²) in [5.74, 6) is -1.42. The van der Waals surface area contributed by atoms with Crippen molar-refractivity contribution in [1.29, 1.82) is 0 Å². The van der Waals surface area contributed by atoms with E-state index in [1.807, 2.05) is 6.07 Å². The molecule has 2 fully saturated rings. The zero-order valence-corrected chi connectivity index (χ0v) is 16.8. The van der Waals surface area contributed by atoms with Gasteiger partial charge in [0.2, 0.25) is 17.7 Å². The van der Waals surface area contributed by atoms with Crippen molar-refractivity contribution < 1.29 is 19.2 Å². The maximum absolute atomic E-state index is 12.7. The molecular formula is C22H20ClN3O4. The fourth-order valence-electron chi connectivity index (χ4n) is 3.81. The number of nitrogens with zero attached hydrogens (tertiary/aromatic N) is 1. The van der Waals surface area contributed by atoms with Crippen molar-refractivity contribution in [2.75, 3.05) is 11.4 Å². The molecule has 8 heteroatoms. The Bertz CT molecular complexity index is 1020. The maximum atomic E-state index is 12.7. The molecule has 0 saturated carbocycles. The molecule has 2 aliphatic rings. The van der Waals surface area contributed by atoms with Crippen LogP contribution in [0.1, 0.15) is 28.8 Å². The minimum atomic E-state index is -0.610. The van der Waals surface area contributed by atoms with Gasteiger partial charge in [-0.1, -0.05) is 35.9 Å². The van der Waals surface area contributed by atoms with Gasteiger partial charge in [0.15, 0.2) is 0 Å². The Balaban J connectivity index is 1.37. The van der Waals surface area contributed by atoms with Crippen molar-refractivity contribution in [2.45, 2.75) is 25.3 Å². The Labute approximate surface area is 178 Å². The number of carbonyl (C=O) groups excluding carboxylic acids is 4. The van der Waals surface area contributed by atoms with Gasteiger partial charge in [-0.25, -0.2) is 0 Å². The molecule has 2 atom stereocenters. The molecule has 4 rings (SSSR count). The standard InChI is InChI=1S/C22H20ClN3O4/c23-16-3-1-2-4-18(16)26-10-9-17(22(26)30)24-20(28)14-7-5-13(6-8-14)11-15-12-19(27)25-21(15)29/h1-8,15,17H,9-12H2,(H,24,28)(H,25,27,29)/t15-,17+/m1/s1. The summed E-state index contributed by atoms with van der Waals surface area (Å²) in [5, 5.41) is 5.57. The summed E-state index contributed by atoms with van der Waals surface area (Å²) in [4.78, 5) is 49.9. The van der Waals surface area contributed by atoms with Crippen LogP contribution < -0.4 is 15.5 Å². The number of imide groups is 1. The Morgan fingerprint density at radius 2 is 1.83 bits per heavy atom. The largest absolute Gasteiger partial charge is 0.340 e. The summed E-state index contributed by atoms with van der Waals surface area (Å²) in [5.41, 5.74) is 1.93. The molecule has 2 heterocycles. The topological polar surface area (TPSA) is 95.6 Å². The number of para-hydroxylation sites is 1. The number of anilines is 1. The smallest absolute Gasteiger partial charge is 0.251 e. The summed E-state index contributed by atoms with van der Waals surface area (Å²) >= 11 is 6.19. The van der Waals surface area contributed by atoms with E-state index in [0.29, 0.717) is 35.7 Å². The number of carbonyl (C=O) groups is 4. The van der Waals surface area contributed by atoms with Gasteiger partial charge in [0.1, 0.15) is 6.04 Å². The molecule has 0 spiro atoms.